The zero-order chi connectivity index (χ0) is 21.5. The van der Waals surface area contributed by atoms with Crippen molar-refractivity contribution >= 4 is 43.0 Å². The molecule has 30 heavy (non-hydrogen) atoms. The van der Waals surface area contributed by atoms with Crippen molar-refractivity contribution in [1.82, 2.24) is 15.5 Å². The van der Waals surface area contributed by atoms with Crippen molar-refractivity contribution in [1.29, 1.82) is 0 Å². The maximum atomic E-state index is 11.9. The minimum Gasteiger partial charge on any atom is -0.468 e. The average molecular weight is 477 g/mol. The van der Waals surface area contributed by atoms with Crippen LogP contribution in [0.4, 0.5) is 9.59 Å². The lowest BCUT2D eigenvalue weighted by Gasteiger charge is -2.34. The quantitative estimate of drug-likeness (QED) is 0.159. The minimum absolute atomic E-state index is 0. The van der Waals surface area contributed by atoms with Gasteiger partial charge in [0.05, 0.1) is 7.11 Å². The Morgan fingerprint density at radius 3 is 1.63 bits per heavy atom. The predicted octanol–water partition coefficient (Wildman–Crippen LogP) is 2.38. The Labute approximate surface area is 191 Å². The molecule has 0 heterocycles. The largest absolute Gasteiger partial charge is 0.468 e. The molecular weight excluding hydrogens is 439 g/mol. The average Bonchev–Trinajstić information content (AvgIpc) is 2.65. The van der Waals surface area contributed by atoms with Crippen molar-refractivity contribution in [2.24, 2.45) is 5.73 Å². The Morgan fingerprint density at radius 2 is 1.30 bits per heavy atom. The molecule has 0 rings (SSSR count). The summed E-state index contributed by atoms with van der Waals surface area (Å²) in [6, 6.07) is -0.992. The van der Waals surface area contributed by atoms with Gasteiger partial charge in [-0.2, -0.15) is 0 Å². The van der Waals surface area contributed by atoms with E-state index in [4.69, 9.17) is 15.2 Å². The Kier molecular flexibility index (Phi) is 21.5. The third kappa shape index (κ3) is 14.5. The molecule has 0 fully saturated rings. The van der Waals surface area contributed by atoms with Crippen LogP contribution in [-0.4, -0.2) is 68.3 Å². The van der Waals surface area contributed by atoms with Crippen LogP contribution in [0.3, 0.4) is 0 Å². The number of hydrogen-bond acceptors (Lipinski definition) is 8. The van der Waals surface area contributed by atoms with E-state index in [-0.39, 0.29) is 31.4 Å². The summed E-state index contributed by atoms with van der Waals surface area (Å²) >= 11 is 0. The van der Waals surface area contributed by atoms with Crippen LogP contribution in [0.25, 0.3) is 0 Å². The predicted molar refractivity (Wildman–Crippen MR) is 119 cm³/mol. The van der Waals surface area contributed by atoms with Crippen LogP contribution in [0.15, 0.2) is 0 Å². The molecule has 0 bridgehead atoms. The number of carbonyl (C=O) groups excluding carboxylic acids is 3. The molecule has 0 radical (unpaired) electrons. The monoisotopic (exact) mass is 476 g/mol. The number of alkyl carbamates (subject to hydrolysis) is 2. The number of hydrogen-bond donors (Lipinski definition) is 3. The van der Waals surface area contributed by atoms with Crippen LogP contribution in [0.2, 0.25) is 0 Å². The van der Waals surface area contributed by atoms with Crippen LogP contribution >= 0.6 is 24.8 Å². The second-order valence-electron chi connectivity index (χ2n) is 6.40. The van der Waals surface area contributed by atoms with Crippen molar-refractivity contribution in [2.45, 2.75) is 71.9 Å². The van der Waals surface area contributed by atoms with Gasteiger partial charge in [-0.25, -0.2) is 14.5 Å². The molecule has 0 aliphatic carbocycles. The normalized spacial score (nSPS) is 13.0. The lowest BCUT2D eigenvalue weighted by Crippen LogP contribution is -2.53. The molecule has 0 spiro atoms. The molecule has 180 valence electrons. The highest BCUT2D eigenvalue weighted by Gasteiger charge is 2.30. The molecule has 0 saturated heterocycles. The van der Waals surface area contributed by atoms with Gasteiger partial charge in [-0.15, -0.1) is 24.8 Å². The SMILES string of the molecule is CCCCNC(=O)OC(C)N(CC(N)C(=O)OC)C(C)OC(=O)NCCCC.Cl.Cl. The summed E-state index contributed by atoms with van der Waals surface area (Å²) in [6.07, 6.45) is 0.748. The number of ether oxygens (including phenoxy) is 3. The first-order valence-electron chi connectivity index (χ1n) is 9.74. The molecule has 0 aliphatic heterocycles. The zero-order valence-corrected chi connectivity index (χ0v) is 20.1. The number of carbonyl (C=O) groups is 3. The molecular formula is C18H38Cl2N4O6. The fourth-order valence-electron chi connectivity index (χ4n) is 2.31. The zero-order valence-electron chi connectivity index (χ0n) is 18.5. The number of unbranched alkanes of at least 4 members (excludes halogenated alkanes) is 2. The van der Waals surface area contributed by atoms with Gasteiger partial charge in [0.1, 0.15) is 6.04 Å². The smallest absolute Gasteiger partial charge is 0.408 e. The van der Waals surface area contributed by atoms with Gasteiger partial charge in [0, 0.05) is 19.6 Å². The first-order valence-corrected chi connectivity index (χ1v) is 9.74. The van der Waals surface area contributed by atoms with Crippen molar-refractivity contribution in [3.8, 4) is 0 Å². The first kappa shape index (κ1) is 33.2. The van der Waals surface area contributed by atoms with Crippen LogP contribution in [-0.2, 0) is 19.0 Å². The number of nitrogens with one attached hydrogen (secondary N) is 2. The van der Waals surface area contributed by atoms with Crippen LogP contribution in [0.5, 0.6) is 0 Å². The summed E-state index contributed by atoms with van der Waals surface area (Å²) in [5.74, 6) is -0.621. The number of amides is 2. The highest BCUT2D eigenvalue weighted by atomic mass is 35.5. The van der Waals surface area contributed by atoms with E-state index in [1.807, 2.05) is 13.8 Å². The van der Waals surface area contributed by atoms with E-state index in [9.17, 15) is 14.4 Å². The standard InChI is InChI=1S/C18H36N4O6.2ClH/c1-6-8-10-20-17(24)27-13(3)22(12-15(19)16(23)26-5)14(4)28-18(25)21-11-9-7-2;;/h13-15H,6-12,19H2,1-5H3,(H,20,24)(H,21,25);2*1H. The van der Waals surface area contributed by atoms with Crippen molar-refractivity contribution in [2.75, 3.05) is 26.7 Å². The van der Waals surface area contributed by atoms with E-state index in [2.05, 4.69) is 15.4 Å². The number of esters is 1. The topological polar surface area (TPSA) is 132 Å². The number of rotatable bonds is 13. The van der Waals surface area contributed by atoms with Crippen LogP contribution in [0, 0.1) is 0 Å². The van der Waals surface area contributed by atoms with E-state index in [0.29, 0.717) is 13.1 Å². The van der Waals surface area contributed by atoms with Gasteiger partial charge < -0.3 is 30.6 Å². The number of nitrogens with zero attached hydrogens (tertiary/aromatic N) is 1. The van der Waals surface area contributed by atoms with Gasteiger partial charge in [-0.05, 0) is 26.7 Å². The number of halogens is 2. The van der Waals surface area contributed by atoms with E-state index in [1.165, 1.54) is 12.0 Å². The van der Waals surface area contributed by atoms with Crippen LogP contribution < -0.4 is 16.4 Å². The number of methoxy groups -OCH3 is 1. The van der Waals surface area contributed by atoms with Crippen molar-refractivity contribution in [3.05, 3.63) is 0 Å². The molecule has 12 heteroatoms. The molecule has 4 N–H and O–H groups in total. The third-order valence-electron chi connectivity index (χ3n) is 4.00. The molecule has 0 aromatic heterocycles. The fourth-order valence-corrected chi connectivity index (χ4v) is 2.31. The summed E-state index contributed by atoms with van der Waals surface area (Å²) in [4.78, 5) is 37.0. The molecule has 0 aromatic rings. The fraction of sp³-hybridized carbons (Fsp3) is 0.833. The summed E-state index contributed by atoms with van der Waals surface area (Å²) in [5, 5.41) is 5.28. The summed E-state index contributed by atoms with van der Waals surface area (Å²) in [5.41, 5.74) is 5.83. The minimum atomic E-state index is -0.992. The van der Waals surface area contributed by atoms with Gasteiger partial charge in [0.2, 0.25) is 0 Å². The van der Waals surface area contributed by atoms with Crippen molar-refractivity contribution in [3.63, 3.8) is 0 Å². The Bertz CT molecular complexity index is 458. The van der Waals surface area contributed by atoms with Gasteiger partial charge in [0.15, 0.2) is 12.5 Å². The third-order valence-corrected chi connectivity index (χ3v) is 4.00. The highest BCUT2D eigenvalue weighted by Crippen LogP contribution is 2.11. The molecule has 10 nitrogen and oxygen atoms in total. The summed E-state index contributed by atoms with van der Waals surface area (Å²) < 4.78 is 15.3. The van der Waals surface area contributed by atoms with E-state index in [0.717, 1.165) is 25.7 Å². The van der Waals surface area contributed by atoms with Crippen LogP contribution in [0.1, 0.15) is 53.4 Å². The van der Waals surface area contributed by atoms with E-state index < -0.39 is 36.7 Å². The summed E-state index contributed by atoms with van der Waals surface area (Å²) in [6.45, 7) is 8.20. The van der Waals surface area contributed by atoms with Gasteiger partial charge in [0.25, 0.3) is 0 Å². The molecule has 0 saturated carbocycles. The molecule has 0 aromatic carbocycles. The maximum absolute atomic E-state index is 11.9. The molecule has 2 amide bonds. The Morgan fingerprint density at radius 1 is 0.900 bits per heavy atom. The van der Waals surface area contributed by atoms with Gasteiger partial charge >= 0.3 is 18.2 Å². The maximum Gasteiger partial charge on any atom is 0.408 e. The molecule has 3 atom stereocenters. The molecule has 3 unspecified atom stereocenters. The number of nitrogens with two attached hydrogens (primary N) is 1. The lowest BCUT2D eigenvalue weighted by molar-refractivity contribution is -0.145. The Hall–Kier alpha value is -1.49. The second kappa shape index (κ2) is 19.5. The van der Waals surface area contributed by atoms with E-state index in [1.54, 1.807) is 13.8 Å². The highest BCUT2D eigenvalue weighted by molar-refractivity contribution is 5.85. The van der Waals surface area contributed by atoms with Gasteiger partial charge in [-0.1, -0.05) is 26.7 Å². The van der Waals surface area contributed by atoms with Crippen molar-refractivity contribution < 1.29 is 28.6 Å². The van der Waals surface area contributed by atoms with Gasteiger partial charge in [-0.3, -0.25) is 4.79 Å². The Balaban J connectivity index is -0.00000364. The second-order valence-corrected chi connectivity index (χ2v) is 6.40. The lowest BCUT2D eigenvalue weighted by atomic mass is 10.2. The summed E-state index contributed by atoms with van der Waals surface area (Å²) in [7, 11) is 1.23. The molecule has 0 aliphatic rings. The first-order chi connectivity index (χ1) is 13.3. The van der Waals surface area contributed by atoms with E-state index >= 15 is 0 Å².